The van der Waals surface area contributed by atoms with E-state index in [1.807, 2.05) is 0 Å². The predicted molar refractivity (Wildman–Crippen MR) is 84.1 cm³/mol. The van der Waals surface area contributed by atoms with Crippen LogP contribution in [0.4, 0.5) is 18.0 Å². The third-order valence-corrected chi connectivity index (χ3v) is 4.79. The number of rotatable bonds is 3. The van der Waals surface area contributed by atoms with Gasteiger partial charge in [-0.3, -0.25) is 0 Å². The third kappa shape index (κ3) is 4.67. The van der Waals surface area contributed by atoms with Gasteiger partial charge in [-0.05, 0) is 45.0 Å². The number of carbonyl (C=O) groups is 1. The molecule has 1 unspecified atom stereocenters. The molecule has 1 aromatic rings. The fourth-order valence-corrected chi connectivity index (χ4v) is 3.66. The van der Waals surface area contributed by atoms with Gasteiger partial charge in [0, 0.05) is 11.1 Å². The summed E-state index contributed by atoms with van der Waals surface area (Å²) in [7, 11) is -3.95. The van der Waals surface area contributed by atoms with E-state index in [1.165, 1.54) is 0 Å². The second-order valence-corrected chi connectivity index (χ2v) is 8.19. The van der Waals surface area contributed by atoms with Crippen LogP contribution < -0.4 is 9.46 Å². The lowest BCUT2D eigenvalue weighted by atomic mass is 10.1. The third-order valence-electron chi connectivity index (χ3n) is 3.04. The maximum Gasteiger partial charge on any atom is 0.511 e. The molecule has 0 fully saturated rings. The van der Waals surface area contributed by atoms with Gasteiger partial charge in [-0.25, -0.2) is 17.9 Å². The molecular weight excluding hydrogens is 379 g/mol. The van der Waals surface area contributed by atoms with Gasteiger partial charge in [0.15, 0.2) is 5.76 Å². The molecular formula is C15H16F3NO6S. The van der Waals surface area contributed by atoms with Crippen LogP contribution in [0.3, 0.4) is 0 Å². The number of sulfonamides is 1. The molecule has 0 spiro atoms. The Bertz CT molecular complexity index is 855. The van der Waals surface area contributed by atoms with E-state index >= 15 is 0 Å². The number of carboxylic acid groups (broad SMARTS) is 1. The van der Waals surface area contributed by atoms with Gasteiger partial charge in [-0.15, -0.1) is 0 Å². The summed E-state index contributed by atoms with van der Waals surface area (Å²) in [5.74, 6) is -1.25. The Morgan fingerprint density at radius 2 is 1.88 bits per heavy atom. The summed E-state index contributed by atoms with van der Waals surface area (Å²) in [4.78, 5) is 10.4. The van der Waals surface area contributed by atoms with Crippen molar-refractivity contribution in [3.8, 4) is 5.75 Å². The van der Waals surface area contributed by atoms with Gasteiger partial charge in [-0.2, -0.15) is 13.2 Å². The van der Waals surface area contributed by atoms with E-state index in [-0.39, 0.29) is 16.2 Å². The monoisotopic (exact) mass is 395 g/mol. The highest BCUT2D eigenvalue weighted by atomic mass is 32.2. The molecule has 1 aromatic carbocycles. The van der Waals surface area contributed by atoms with E-state index in [0.717, 1.165) is 24.3 Å². The minimum absolute atomic E-state index is 0.0569. The van der Waals surface area contributed by atoms with Crippen molar-refractivity contribution in [2.24, 2.45) is 0 Å². The lowest BCUT2D eigenvalue weighted by Crippen LogP contribution is -2.40. The van der Waals surface area contributed by atoms with E-state index in [1.54, 1.807) is 20.8 Å². The Morgan fingerprint density at radius 3 is 2.38 bits per heavy atom. The molecule has 0 amide bonds. The molecule has 0 aromatic heterocycles. The lowest BCUT2D eigenvalue weighted by Gasteiger charge is -2.27. The zero-order valence-electron chi connectivity index (χ0n) is 13.9. The summed E-state index contributed by atoms with van der Waals surface area (Å²) in [6.07, 6.45) is -8.68. The highest BCUT2D eigenvalue weighted by Gasteiger charge is 2.48. The van der Waals surface area contributed by atoms with Crippen LogP contribution in [0.15, 0.2) is 28.9 Å². The quantitative estimate of drug-likeness (QED) is 0.763. The number of alkyl halides is 3. The molecule has 26 heavy (non-hydrogen) atoms. The standard InChI is InChI=1S/C15H16F3NO6S/c1-14(2,3)19-26(22,23)9-4-5-10-8(6-9)7-11(25-13(20)21)12(24-10)15(16,17)18/h4-7,12,19H,1-3H3,(H,20,21). The average Bonchev–Trinajstić information content (AvgIpc) is 2.41. The van der Waals surface area contributed by atoms with Crippen molar-refractivity contribution in [2.45, 2.75) is 43.5 Å². The summed E-state index contributed by atoms with van der Waals surface area (Å²) in [6.45, 7) is 4.87. The lowest BCUT2D eigenvalue weighted by molar-refractivity contribution is -0.191. The first-order valence-electron chi connectivity index (χ1n) is 7.23. The van der Waals surface area contributed by atoms with Crippen LogP contribution in [0.25, 0.3) is 6.08 Å². The topological polar surface area (TPSA) is 102 Å². The summed E-state index contributed by atoms with van der Waals surface area (Å²) < 4.78 is 75.2. The summed E-state index contributed by atoms with van der Waals surface area (Å²) in [6, 6.07) is 3.23. The fraction of sp³-hybridized carbons (Fsp3) is 0.400. The van der Waals surface area contributed by atoms with Crippen molar-refractivity contribution in [1.29, 1.82) is 0 Å². The number of nitrogens with one attached hydrogen (secondary N) is 1. The normalized spacial score (nSPS) is 17.8. The van der Waals surface area contributed by atoms with Gasteiger partial charge in [0.2, 0.25) is 10.0 Å². The molecule has 2 rings (SSSR count). The van der Waals surface area contributed by atoms with E-state index in [4.69, 9.17) is 9.84 Å². The van der Waals surface area contributed by atoms with E-state index in [9.17, 15) is 26.4 Å². The summed E-state index contributed by atoms with van der Waals surface area (Å²) in [5.41, 5.74) is -0.835. The number of benzene rings is 1. The largest absolute Gasteiger partial charge is 0.511 e. The van der Waals surface area contributed by atoms with Crippen LogP contribution in [-0.2, 0) is 14.8 Å². The average molecular weight is 395 g/mol. The molecule has 0 bridgehead atoms. The smallest absolute Gasteiger partial charge is 0.472 e. The van der Waals surface area contributed by atoms with Gasteiger partial charge in [-0.1, -0.05) is 0 Å². The maximum atomic E-state index is 13.0. The highest BCUT2D eigenvalue weighted by molar-refractivity contribution is 7.89. The van der Waals surface area contributed by atoms with Crippen LogP contribution in [0.5, 0.6) is 5.75 Å². The number of ether oxygens (including phenoxy) is 2. The predicted octanol–water partition coefficient (Wildman–Crippen LogP) is 3.12. The van der Waals surface area contributed by atoms with Gasteiger partial charge in [0.05, 0.1) is 4.90 Å². The van der Waals surface area contributed by atoms with Crippen LogP contribution in [-0.4, -0.2) is 37.5 Å². The fourth-order valence-electron chi connectivity index (χ4n) is 2.20. The van der Waals surface area contributed by atoms with E-state index in [0.29, 0.717) is 0 Å². The minimum atomic E-state index is -4.92. The van der Waals surface area contributed by atoms with Crippen molar-refractivity contribution in [3.63, 3.8) is 0 Å². The molecule has 11 heteroatoms. The maximum absolute atomic E-state index is 13.0. The Balaban J connectivity index is 2.49. The molecule has 1 aliphatic rings. The van der Waals surface area contributed by atoms with Crippen molar-refractivity contribution in [2.75, 3.05) is 0 Å². The number of halogens is 3. The molecule has 0 radical (unpaired) electrons. The molecule has 144 valence electrons. The Kier molecular flexibility index (Phi) is 4.99. The first-order valence-corrected chi connectivity index (χ1v) is 8.71. The SMILES string of the molecule is CC(C)(C)NS(=O)(=O)c1ccc2c(c1)C=C(OC(=O)O)C(C(F)(F)F)O2. The van der Waals surface area contributed by atoms with Crippen LogP contribution >= 0.6 is 0 Å². The Morgan fingerprint density at radius 1 is 1.27 bits per heavy atom. The van der Waals surface area contributed by atoms with Gasteiger partial charge >= 0.3 is 12.3 Å². The second kappa shape index (κ2) is 6.47. The first kappa shape index (κ1) is 20.0. The minimum Gasteiger partial charge on any atom is -0.472 e. The van der Waals surface area contributed by atoms with Gasteiger partial charge < -0.3 is 14.6 Å². The highest BCUT2D eigenvalue weighted by Crippen LogP contribution is 2.38. The van der Waals surface area contributed by atoms with E-state index < -0.39 is 39.8 Å². The molecule has 1 heterocycles. The number of hydrogen-bond donors (Lipinski definition) is 2. The first-order chi connectivity index (χ1) is 11.7. The molecule has 0 saturated carbocycles. The second-order valence-electron chi connectivity index (χ2n) is 6.51. The van der Waals surface area contributed by atoms with Crippen molar-refractivity contribution >= 4 is 22.3 Å². The van der Waals surface area contributed by atoms with Crippen molar-refractivity contribution in [3.05, 3.63) is 29.5 Å². The number of hydrogen-bond acceptors (Lipinski definition) is 5. The molecule has 7 nitrogen and oxygen atoms in total. The summed E-state index contributed by atoms with van der Waals surface area (Å²) in [5, 5.41) is 8.62. The molecule has 1 aliphatic heterocycles. The van der Waals surface area contributed by atoms with Crippen LogP contribution in [0.2, 0.25) is 0 Å². The molecule has 2 N–H and O–H groups in total. The van der Waals surface area contributed by atoms with Crippen molar-refractivity contribution < 1.29 is 41.0 Å². The Hall–Kier alpha value is -2.27. The van der Waals surface area contributed by atoms with Gasteiger partial charge in [0.1, 0.15) is 5.75 Å². The number of fused-ring (bicyclic) bond motifs is 1. The van der Waals surface area contributed by atoms with Crippen LogP contribution in [0, 0.1) is 0 Å². The Labute approximate surface area is 147 Å². The van der Waals surface area contributed by atoms with Crippen LogP contribution in [0.1, 0.15) is 26.3 Å². The van der Waals surface area contributed by atoms with Gasteiger partial charge in [0.25, 0.3) is 6.10 Å². The molecule has 0 saturated heterocycles. The van der Waals surface area contributed by atoms with E-state index in [2.05, 4.69) is 9.46 Å². The summed E-state index contributed by atoms with van der Waals surface area (Å²) >= 11 is 0. The molecule has 0 aliphatic carbocycles. The van der Waals surface area contributed by atoms with Crippen molar-refractivity contribution in [1.82, 2.24) is 4.72 Å². The zero-order chi connectivity index (χ0) is 19.9. The zero-order valence-corrected chi connectivity index (χ0v) is 14.7. The molecule has 1 atom stereocenters.